The van der Waals surface area contributed by atoms with E-state index in [9.17, 15) is 4.79 Å². The van der Waals surface area contributed by atoms with Gasteiger partial charge in [0.25, 0.3) is 5.91 Å². The van der Waals surface area contributed by atoms with Crippen LogP contribution in [0.3, 0.4) is 0 Å². The number of hydrogen-bond donors (Lipinski definition) is 1. The molecular weight excluding hydrogens is 284 g/mol. The molecule has 0 bridgehead atoms. The van der Waals surface area contributed by atoms with Crippen LogP contribution in [-0.2, 0) is 0 Å². The van der Waals surface area contributed by atoms with Crippen molar-refractivity contribution in [3.63, 3.8) is 0 Å². The molecule has 1 fully saturated rings. The number of amides is 1. The number of carbonyl (C=O) groups excluding carboxylic acids is 1. The predicted octanol–water partition coefficient (Wildman–Crippen LogP) is 4.12. The van der Waals surface area contributed by atoms with Crippen molar-refractivity contribution in [3.8, 4) is 0 Å². The standard InChI is InChI=1S/C17H26N2O.ClH/c1-13(2)9-10-16-8-3-4-11-19(16)17(20)14-6-5-7-15(18)12-14;/h5-7,12-13,16H,3-4,8-11,18H2,1-2H3;1H. The minimum atomic E-state index is 0. The van der Waals surface area contributed by atoms with E-state index >= 15 is 0 Å². The monoisotopic (exact) mass is 310 g/mol. The van der Waals surface area contributed by atoms with Crippen LogP contribution >= 0.6 is 12.4 Å². The van der Waals surface area contributed by atoms with Crippen LogP contribution in [0.5, 0.6) is 0 Å². The van der Waals surface area contributed by atoms with Gasteiger partial charge < -0.3 is 10.6 Å². The van der Waals surface area contributed by atoms with Crippen LogP contribution in [-0.4, -0.2) is 23.4 Å². The van der Waals surface area contributed by atoms with Crippen LogP contribution in [0.25, 0.3) is 0 Å². The molecule has 2 rings (SSSR count). The summed E-state index contributed by atoms with van der Waals surface area (Å²) in [6.45, 7) is 5.37. The van der Waals surface area contributed by atoms with Gasteiger partial charge in [0.05, 0.1) is 0 Å². The Morgan fingerprint density at radius 3 is 2.81 bits per heavy atom. The Balaban J connectivity index is 0.00000220. The van der Waals surface area contributed by atoms with E-state index in [0.717, 1.165) is 31.4 Å². The number of nitrogens with two attached hydrogens (primary N) is 1. The molecule has 1 saturated heterocycles. The topological polar surface area (TPSA) is 46.3 Å². The molecule has 1 aromatic rings. The van der Waals surface area contributed by atoms with Crippen molar-refractivity contribution in [2.24, 2.45) is 5.92 Å². The summed E-state index contributed by atoms with van der Waals surface area (Å²) in [7, 11) is 0. The Bertz CT molecular complexity index is 462. The largest absolute Gasteiger partial charge is 0.399 e. The number of benzene rings is 1. The molecule has 2 N–H and O–H groups in total. The zero-order valence-corrected chi connectivity index (χ0v) is 13.9. The fourth-order valence-electron chi connectivity index (χ4n) is 2.93. The molecular formula is C17H27ClN2O. The molecule has 0 spiro atoms. The minimum absolute atomic E-state index is 0. The Labute approximate surface area is 134 Å². The molecule has 1 amide bonds. The second kappa shape index (κ2) is 8.28. The van der Waals surface area contributed by atoms with E-state index in [1.54, 1.807) is 6.07 Å². The fourth-order valence-corrected chi connectivity index (χ4v) is 2.93. The average molecular weight is 311 g/mol. The van der Waals surface area contributed by atoms with Crippen LogP contribution in [0.15, 0.2) is 24.3 Å². The van der Waals surface area contributed by atoms with Gasteiger partial charge in [-0.2, -0.15) is 0 Å². The van der Waals surface area contributed by atoms with Gasteiger partial charge >= 0.3 is 0 Å². The van der Waals surface area contributed by atoms with Gasteiger partial charge in [0.1, 0.15) is 0 Å². The van der Waals surface area contributed by atoms with Crippen molar-refractivity contribution in [2.75, 3.05) is 12.3 Å². The number of anilines is 1. The normalized spacial score (nSPS) is 18.4. The van der Waals surface area contributed by atoms with Crippen LogP contribution in [0.1, 0.15) is 56.3 Å². The molecule has 118 valence electrons. The van der Waals surface area contributed by atoms with Crippen LogP contribution < -0.4 is 5.73 Å². The molecule has 0 aliphatic carbocycles. The Hall–Kier alpha value is -1.22. The lowest BCUT2D eigenvalue weighted by Gasteiger charge is -2.36. The number of halogens is 1. The number of rotatable bonds is 4. The van der Waals surface area contributed by atoms with Gasteiger partial charge in [-0.05, 0) is 56.2 Å². The lowest BCUT2D eigenvalue weighted by molar-refractivity contribution is 0.0594. The second-order valence-corrected chi connectivity index (χ2v) is 6.24. The third-order valence-electron chi connectivity index (χ3n) is 4.10. The molecule has 1 aliphatic rings. The van der Waals surface area contributed by atoms with Gasteiger partial charge in [-0.3, -0.25) is 4.79 Å². The first-order valence-electron chi connectivity index (χ1n) is 7.74. The Morgan fingerprint density at radius 1 is 1.38 bits per heavy atom. The first-order chi connectivity index (χ1) is 9.58. The number of nitrogen functional groups attached to an aromatic ring is 1. The molecule has 1 aliphatic heterocycles. The van der Waals surface area contributed by atoms with Crippen molar-refractivity contribution in [1.29, 1.82) is 0 Å². The van der Waals surface area contributed by atoms with Gasteiger partial charge in [-0.15, -0.1) is 12.4 Å². The third-order valence-corrected chi connectivity index (χ3v) is 4.10. The summed E-state index contributed by atoms with van der Waals surface area (Å²) in [6.07, 6.45) is 5.80. The van der Waals surface area contributed by atoms with Crippen LogP contribution in [0.4, 0.5) is 5.69 Å². The maximum atomic E-state index is 12.7. The number of likely N-dealkylation sites (tertiary alicyclic amines) is 1. The van der Waals surface area contributed by atoms with Crippen molar-refractivity contribution < 1.29 is 4.79 Å². The molecule has 1 heterocycles. The molecule has 1 unspecified atom stereocenters. The summed E-state index contributed by atoms with van der Waals surface area (Å²) in [5.41, 5.74) is 7.17. The molecule has 3 nitrogen and oxygen atoms in total. The van der Waals surface area contributed by atoms with Crippen LogP contribution in [0, 0.1) is 5.92 Å². The van der Waals surface area contributed by atoms with E-state index < -0.39 is 0 Å². The highest BCUT2D eigenvalue weighted by Crippen LogP contribution is 2.24. The SMILES string of the molecule is CC(C)CCC1CCCCN1C(=O)c1cccc(N)c1.Cl. The zero-order chi connectivity index (χ0) is 14.5. The molecule has 0 saturated carbocycles. The summed E-state index contributed by atoms with van der Waals surface area (Å²) in [5.74, 6) is 0.840. The summed E-state index contributed by atoms with van der Waals surface area (Å²) in [5, 5.41) is 0. The third kappa shape index (κ3) is 4.92. The summed E-state index contributed by atoms with van der Waals surface area (Å²) < 4.78 is 0. The predicted molar refractivity (Wildman–Crippen MR) is 90.8 cm³/mol. The molecule has 21 heavy (non-hydrogen) atoms. The first-order valence-corrected chi connectivity index (χ1v) is 7.74. The van der Waals surface area contributed by atoms with Crippen molar-refractivity contribution in [1.82, 2.24) is 4.90 Å². The minimum Gasteiger partial charge on any atom is -0.399 e. The quantitative estimate of drug-likeness (QED) is 0.850. The van der Waals surface area contributed by atoms with Gasteiger partial charge in [0.15, 0.2) is 0 Å². The molecule has 1 atom stereocenters. The highest BCUT2D eigenvalue weighted by Gasteiger charge is 2.27. The number of piperidine rings is 1. The maximum Gasteiger partial charge on any atom is 0.254 e. The van der Waals surface area contributed by atoms with E-state index in [4.69, 9.17) is 5.73 Å². The van der Waals surface area contributed by atoms with Gasteiger partial charge in [-0.25, -0.2) is 0 Å². The molecule has 1 aromatic carbocycles. The first kappa shape index (κ1) is 17.8. The summed E-state index contributed by atoms with van der Waals surface area (Å²) >= 11 is 0. The van der Waals surface area contributed by atoms with E-state index in [1.807, 2.05) is 18.2 Å². The van der Waals surface area contributed by atoms with Gasteiger partial charge in [0, 0.05) is 23.8 Å². The second-order valence-electron chi connectivity index (χ2n) is 6.24. The van der Waals surface area contributed by atoms with Crippen molar-refractivity contribution in [2.45, 2.75) is 52.0 Å². The number of nitrogens with zero attached hydrogens (tertiary/aromatic N) is 1. The average Bonchev–Trinajstić information content (AvgIpc) is 2.44. The van der Waals surface area contributed by atoms with Gasteiger partial charge in [-0.1, -0.05) is 19.9 Å². The number of hydrogen-bond acceptors (Lipinski definition) is 2. The number of carbonyl (C=O) groups is 1. The zero-order valence-electron chi connectivity index (χ0n) is 13.0. The fraction of sp³-hybridized carbons (Fsp3) is 0.588. The summed E-state index contributed by atoms with van der Waals surface area (Å²) in [6, 6.07) is 7.74. The van der Waals surface area contributed by atoms with Crippen molar-refractivity contribution >= 4 is 24.0 Å². The Morgan fingerprint density at radius 2 is 2.14 bits per heavy atom. The van der Waals surface area contributed by atoms with Crippen LogP contribution in [0.2, 0.25) is 0 Å². The van der Waals surface area contributed by atoms with Crippen molar-refractivity contribution in [3.05, 3.63) is 29.8 Å². The van der Waals surface area contributed by atoms with Gasteiger partial charge in [0.2, 0.25) is 0 Å². The van der Waals surface area contributed by atoms with E-state index in [2.05, 4.69) is 18.7 Å². The van der Waals surface area contributed by atoms with E-state index in [1.165, 1.54) is 12.8 Å². The van der Waals surface area contributed by atoms with E-state index in [0.29, 0.717) is 17.6 Å². The lowest BCUT2D eigenvalue weighted by Crippen LogP contribution is -2.43. The highest BCUT2D eigenvalue weighted by atomic mass is 35.5. The lowest BCUT2D eigenvalue weighted by atomic mass is 9.94. The molecule has 4 heteroatoms. The van der Waals surface area contributed by atoms with E-state index in [-0.39, 0.29) is 18.3 Å². The maximum absolute atomic E-state index is 12.7. The molecule has 0 radical (unpaired) electrons. The summed E-state index contributed by atoms with van der Waals surface area (Å²) in [4.78, 5) is 14.7. The molecule has 0 aromatic heterocycles. The highest BCUT2D eigenvalue weighted by molar-refractivity contribution is 5.95. The Kier molecular flexibility index (Phi) is 7.03. The smallest absolute Gasteiger partial charge is 0.254 e.